The molecule has 2 aromatic carbocycles. The normalized spacial score (nSPS) is 11.4. The fourth-order valence-electron chi connectivity index (χ4n) is 3.44. The number of aromatic nitrogens is 3. The number of benzene rings is 2. The topological polar surface area (TPSA) is 156 Å². The summed E-state index contributed by atoms with van der Waals surface area (Å²) in [6.07, 6.45) is 0.601. The lowest BCUT2D eigenvalue weighted by Crippen LogP contribution is -2.20. The van der Waals surface area contributed by atoms with Gasteiger partial charge in [-0.25, -0.2) is 4.98 Å². The lowest BCUT2D eigenvalue weighted by molar-refractivity contribution is -0.394. The number of hydrogen-bond acceptors (Lipinski definition) is 9. The van der Waals surface area contributed by atoms with E-state index in [1.54, 1.807) is 16.0 Å². The average molecular weight is 521 g/mol. The van der Waals surface area contributed by atoms with Gasteiger partial charge in [-0.15, -0.1) is 11.3 Å². The van der Waals surface area contributed by atoms with Gasteiger partial charge in [-0.1, -0.05) is 37.3 Å². The second kappa shape index (κ2) is 10.9. The van der Waals surface area contributed by atoms with Crippen molar-refractivity contribution in [1.82, 2.24) is 14.5 Å². The lowest BCUT2D eigenvalue weighted by Gasteiger charge is -2.11. The number of thiazole rings is 1. The third-order valence-electron chi connectivity index (χ3n) is 5.14. The molecular formula is C24H20N6O6S. The molecule has 0 spiro atoms. The first-order chi connectivity index (χ1) is 17.8. The van der Waals surface area contributed by atoms with E-state index in [0.717, 1.165) is 35.1 Å². The van der Waals surface area contributed by atoms with Gasteiger partial charge >= 0.3 is 0 Å². The molecule has 0 fully saturated rings. The molecule has 0 atom stereocenters. The Morgan fingerprint density at radius 3 is 2.30 bits per heavy atom. The quantitative estimate of drug-likeness (QED) is 0.243. The number of nitrogens with zero attached hydrogens (tertiary/aromatic N) is 6. The van der Waals surface area contributed by atoms with Crippen LogP contribution in [0.25, 0.3) is 17.2 Å². The predicted molar refractivity (Wildman–Crippen MR) is 135 cm³/mol. The van der Waals surface area contributed by atoms with E-state index in [0.29, 0.717) is 30.3 Å². The molecule has 0 unspecified atom stereocenters. The molecule has 2 aromatic heterocycles. The summed E-state index contributed by atoms with van der Waals surface area (Å²) in [6.45, 7) is 4.15. The fourth-order valence-corrected chi connectivity index (χ4v) is 4.32. The van der Waals surface area contributed by atoms with Crippen molar-refractivity contribution in [3.8, 4) is 23.1 Å². The average Bonchev–Trinajstić information content (AvgIpc) is 3.32. The van der Waals surface area contributed by atoms with E-state index >= 15 is 0 Å². The Labute approximate surface area is 213 Å². The summed E-state index contributed by atoms with van der Waals surface area (Å²) >= 11 is 1.13. The summed E-state index contributed by atoms with van der Waals surface area (Å²) < 4.78 is 7.20. The van der Waals surface area contributed by atoms with Crippen molar-refractivity contribution in [1.29, 1.82) is 0 Å². The number of nitro benzene ring substituents is 2. The van der Waals surface area contributed by atoms with Crippen molar-refractivity contribution in [2.45, 2.75) is 20.3 Å². The lowest BCUT2D eigenvalue weighted by atomic mass is 10.1. The number of aryl methyl sites for hydroxylation is 1. The number of carbonyl (C=O) groups excluding carboxylic acids is 1. The number of hydrogen-bond donors (Lipinski definition) is 0. The van der Waals surface area contributed by atoms with E-state index in [1.807, 2.05) is 44.2 Å². The van der Waals surface area contributed by atoms with Crippen molar-refractivity contribution >= 4 is 28.6 Å². The van der Waals surface area contributed by atoms with Gasteiger partial charge in [0.1, 0.15) is 0 Å². The van der Waals surface area contributed by atoms with Gasteiger partial charge in [0.05, 0.1) is 33.8 Å². The van der Waals surface area contributed by atoms with Crippen LogP contribution in [0.1, 0.15) is 29.9 Å². The van der Waals surface area contributed by atoms with Crippen molar-refractivity contribution in [2.24, 2.45) is 4.99 Å². The van der Waals surface area contributed by atoms with Crippen LogP contribution in [0, 0.1) is 20.2 Å². The highest BCUT2D eigenvalue weighted by molar-refractivity contribution is 7.07. The summed E-state index contributed by atoms with van der Waals surface area (Å²) in [7, 11) is 0. The van der Waals surface area contributed by atoms with Gasteiger partial charge in [-0.3, -0.25) is 29.6 Å². The molecule has 12 nitrogen and oxygen atoms in total. The Bertz CT molecular complexity index is 1530. The van der Waals surface area contributed by atoms with Gasteiger partial charge in [0, 0.05) is 29.3 Å². The predicted octanol–water partition coefficient (Wildman–Crippen LogP) is 4.51. The summed E-state index contributed by atoms with van der Waals surface area (Å²) in [5, 5.41) is 24.3. The second-order valence-corrected chi connectivity index (χ2v) is 8.39. The molecule has 4 aromatic rings. The highest BCUT2D eigenvalue weighted by atomic mass is 32.1. The van der Waals surface area contributed by atoms with E-state index in [2.05, 4.69) is 15.0 Å². The minimum absolute atomic E-state index is 0.175. The molecule has 4 rings (SSSR count). The Morgan fingerprint density at radius 1 is 1.03 bits per heavy atom. The summed E-state index contributed by atoms with van der Waals surface area (Å²) in [5.41, 5.74) is 0.701. The first-order valence-electron chi connectivity index (χ1n) is 11.1. The molecule has 1 amide bonds. The zero-order chi connectivity index (χ0) is 26.5. The van der Waals surface area contributed by atoms with Crippen LogP contribution >= 0.6 is 11.3 Å². The van der Waals surface area contributed by atoms with Gasteiger partial charge in [0.2, 0.25) is 16.6 Å². The maximum Gasteiger partial charge on any atom is 0.280 e. The van der Waals surface area contributed by atoms with Gasteiger partial charge in [0.15, 0.2) is 0 Å². The van der Waals surface area contributed by atoms with Crippen molar-refractivity contribution in [2.75, 3.05) is 6.61 Å². The number of ether oxygens (including phenoxy) is 1. The van der Waals surface area contributed by atoms with Gasteiger partial charge in [0.25, 0.3) is 17.3 Å². The summed E-state index contributed by atoms with van der Waals surface area (Å²) in [5.74, 6) is -0.313. The number of amides is 1. The maximum absolute atomic E-state index is 13.1. The zero-order valence-corrected chi connectivity index (χ0v) is 20.5. The molecule has 0 radical (unpaired) electrons. The summed E-state index contributed by atoms with van der Waals surface area (Å²) in [4.78, 5) is 47.5. The molecule has 13 heteroatoms. The third kappa shape index (κ3) is 5.56. The third-order valence-corrected chi connectivity index (χ3v) is 5.97. The van der Waals surface area contributed by atoms with Crippen molar-refractivity contribution in [3.63, 3.8) is 0 Å². The van der Waals surface area contributed by atoms with E-state index in [-0.39, 0.29) is 16.3 Å². The molecule has 0 saturated carbocycles. The Morgan fingerprint density at radius 2 is 1.70 bits per heavy atom. The molecule has 188 valence electrons. The first kappa shape index (κ1) is 25.3. The molecule has 37 heavy (non-hydrogen) atoms. The monoisotopic (exact) mass is 520 g/mol. The highest BCUT2D eigenvalue weighted by Gasteiger charge is 2.21. The molecule has 0 aliphatic carbocycles. The van der Waals surface area contributed by atoms with Crippen LogP contribution in [0.3, 0.4) is 0 Å². The van der Waals surface area contributed by atoms with E-state index in [9.17, 15) is 25.0 Å². The Kier molecular flexibility index (Phi) is 7.44. The first-order valence-corrected chi connectivity index (χ1v) is 12.0. The largest absolute Gasteiger partial charge is 0.478 e. The molecule has 0 bridgehead atoms. The summed E-state index contributed by atoms with van der Waals surface area (Å²) in [6, 6.07) is 13.8. The Hall–Kier alpha value is -4.78. The van der Waals surface area contributed by atoms with E-state index < -0.39 is 27.1 Å². The molecule has 2 heterocycles. The van der Waals surface area contributed by atoms with Crippen LogP contribution < -0.4 is 9.54 Å². The highest BCUT2D eigenvalue weighted by Crippen LogP contribution is 2.25. The van der Waals surface area contributed by atoms with Gasteiger partial charge in [-0.05, 0) is 18.9 Å². The van der Waals surface area contributed by atoms with Gasteiger partial charge in [-0.2, -0.15) is 9.98 Å². The zero-order valence-electron chi connectivity index (χ0n) is 19.7. The van der Waals surface area contributed by atoms with Crippen LogP contribution in [0.5, 0.6) is 5.88 Å². The number of nitro groups is 2. The van der Waals surface area contributed by atoms with Crippen LogP contribution in [-0.2, 0) is 6.42 Å². The molecular weight excluding hydrogens is 500 g/mol. The van der Waals surface area contributed by atoms with Crippen LogP contribution in [0.4, 0.5) is 11.4 Å². The van der Waals surface area contributed by atoms with E-state index in [4.69, 9.17) is 4.74 Å². The van der Waals surface area contributed by atoms with Crippen LogP contribution in [-0.4, -0.2) is 36.9 Å². The Balaban J connectivity index is 1.94. The molecule has 0 saturated heterocycles. The molecule has 0 aliphatic heterocycles. The number of non-ortho nitro benzene ring substituents is 2. The SMILES string of the molecule is CCOc1cc(CC)nc(-n2c(-c3ccccc3)csc2=NC(=O)c2cc([N+](=O)[O-])cc([N+](=O)[O-])c2)n1. The van der Waals surface area contributed by atoms with Crippen molar-refractivity contribution < 1.29 is 19.4 Å². The minimum atomic E-state index is -0.890. The number of carbonyl (C=O) groups is 1. The second-order valence-electron chi connectivity index (χ2n) is 7.56. The van der Waals surface area contributed by atoms with Crippen LogP contribution in [0.2, 0.25) is 0 Å². The molecule has 0 N–H and O–H groups in total. The standard InChI is InChI=1S/C24H20N6O6S/c1-3-17-12-21(36-4-2)26-23(25-17)28-20(15-8-6-5-7-9-15)14-37-24(28)27-22(31)16-10-18(29(32)33)13-19(11-16)30(34)35/h5-14H,3-4H2,1-2H3. The smallest absolute Gasteiger partial charge is 0.280 e. The molecule has 0 aliphatic rings. The maximum atomic E-state index is 13.1. The fraction of sp³-hybridized carbons (Fsp3) is 0.167. The van der Waals surface area contributed by atoms with Crippen LogP contribution in [0.15, 0.2) is 65.0 Å². The van der Waals surface area contributed by atoms with E-state index in [1.165, 1.54) is 0 Å². The van der Waals surface area contributed by atoms with Crippen molar-refractivity contribution in [3.05, 3.63) is 96.3 Å². The number of rotatable bonds is 8. The minimum Gasteiger partial charge on any atom is -0.478 e. The van der Waals surface area contributed by atoms with Gasteiger partial charge < -0.3 is 4.74 Å².